The summed E-state index contributed by atoms with van der Waals surface area (Å²) in [4.78, 5) is 39.2. The molecule has 0 aromatic heterocycles. The Hall–Kier alpha value is -3.00. The zero-order valence-corrected chi connectivity index (χ0v) is 15.5. The Morgan fingerprint density at radius 3 is 2.19 bits per heavy atom. The third-order valence-electron chi connectivity index (χ3n) is 5.13. The summed E-state index contributed by atoms with van der Waals surface area (Å²) < 4.78 is 27.3. The molecule has 4 rings (SSSR count). The lowest BCUT2D eigenvalue weighted by molar-refractivity contribution is -0.139. The average Bonchev–Trinajstić information content (AvgIpc) is 3.02. The fraction of sp³-hybridized carbons (Fsp3) is 0.211. The third-order valence-corrected chi connectivity index (χ3v) is 6.96. The first-order chi connectivity index (χ1) is 12.7. The standard InChI is InChI=1S/C19H16N2O5S/c1-12-7-9-13(10-8-12)27(25,26)21-17(23)14-5-3-4-6-15(14)19(21)11-16(22)20(2)18(19)24/h3-10H,11H2,1-2H3. The van der Waals surface area contributed by atoms with Crippen LogP contribution in [0.15, 0.2) is 53.4 Å². The molecule has 2 aliphatic rings. The van der Waals surface area contributed by atoms with Crippen molar-refractivity contribution < 1.29 is 22.8 Å². The van der Waals surface area contributed by atoms with Crippen molar-refractivity contribution in [3.63, 3.8) is 0 Å². The minimum atomic E-state index is -4.36. The van der Waals surface area contributed by atoms with Crippen LogP contribution < -0.4 is 0 Å². The summed E-state index contributed by atoms with van der Waals surface area (Å²) in [6.07, 6.45) is -0.407. The van der Waals surface area contributed by atoms with Crippen molar-refractivity contribution in [2.24, 2.45) is 0 Å². The lowest BCUT2D eigenvalue weighted by atomic mass is 9.89. The number of aryl methyl sites for hydroxylation is 1. The molecule has 0 radical (unpaired) electrons. The maximum absolute atomic E-state index is 13.4. The van der Waals surface area contributed by atoms with E-state index in [-0.39, 0.29) is 16.0 Å². The summed E-state index contributed by atoms with van der Waals surface area (Å²) in [7, 11) is -3.07. The highest BCUT2D eigenvalue weighted by Gasteiger charge is 2.65. The van der Waals surface area contributed by atoms with Crippen molar-refractivity contribution in [2.45, 2.75) is 23.8 Å². The van der Waals surface area contributed by atoms with Crippen molar-refractivity contribution in [2.75, 3.05) is 7.05 Å². The molecule has 0 aliphatic carbocycles. The van der Waals surface area contributed by atoms with Gasteiger partial charge in [-0.05, 0) is 25.1 Å². The van der Waals surface area contributed by atoms with Crippen LogP contribution in [0.5, 0.6) is 0 Å². The average molecular weight is 384 g/mol. The lowest BCUT2D eigenvalue weighted by Crippen LogP contribution is -2.51. The molecule has 1 saturated heterocycles. The highest BCUT2D eigenvalue weighted by Crippen LogP contribution is 2.49. The first-order valence-electron chi connectivity index (χ1n) is 8.28. The quantitative estimate of drug-likeness (QED) is 0.731. The molecule has 2 aromatic carbocycles. The second kappa shape index (κ2) is 5.50. The Kier molecular flexibility index (Phi) is 3.55. The maximum atomic E-state index is 13.4. The number of amides is 3. The van der Waals surface area contributed by atoms with E-state index in [0.29, 0.717) is 4.31 Å². The third kappa shape index (κ3) is 2.13. The summed E-state index contributed by atoms with van der Waals surface area (Å²) >= 11 is 0. The molecular formula is C19H16N2O5S. The topological polar surface area (TPSA) is 91.8 Å². The molecule has 3 amide bonds. The molecule has 1 fully saturated rings. The largest absolute Gasteiger partial charge is 0.283 e. The number of sulfonamides is 1. The van der Waals surface area contributed by atoms with E-state index < -0.39 is 39.7 Å². The van der Waals surface area contributed by atoms with Gasteiger partial charge in [0.25, 0.3) is 21.8 Å². The minimum absolute atomic E-state index is 0.108. The number of likely N-dealkylation sites (N-methyl/N-ethyl adjacent to an activating group) is 1. The number of fused-ring (bicyclic) bond motifs is 2. The van der Waals surface area contributed by atoms with Gasteiger partial charge in [0.2, 0.25) is 5.91 Å². The Morgan fingerprint density at radius 1 is 0.963 bits per heavy atom. The van der Waals surface area contributed by atoms with Gasteiger partial charge >= 0.3 is 0 Å². The molecule has 0 bridgehead atoms. The predicted molar refractivity (Wildman–Crippen MR) is 95.0 cm³/mol. The Bertz CT molecular complexity index is 1110. The number of likely N-dealkylation sites (tertiary alicyclic amines) is 1. The normalized spacial score (nSPS) is 22.1. The van der Waals surface area contributed by atoms with E-state index in [1.54, 1.807) is 24.3 Å². The molecule has 138 valence electrons. The molecule has 27 heavy (non-hydrogen) atoms. The summed E-state index contributed by atoms with van der Waals surface area (Å²) in [6, 6.07) is 12.2. The fourth-order valence-electron chi connectivity index (χ4n) is 3.73. The Balaban J connectivity index is 2.00. The van der Waals surface area contributed by atoms with E-state index in [0.717, 1.165) is 10.5 Å². The highest BCUT2D eigenvalue weighted by atomic mass is 32.2. The van der Waals surface area contributed by atoms with Crippen molar-refractivity contribution in [1.82, 2.24) is 9.21 Å². The lowest BCUT2D eigenvalue weighted by Gasteiger charge is -2.32. The van der Waals surface area contributed by atoms with Crippen molar-refractivity contribution in [3.8, 4) is 0 Å². The first-order valence-corrected chi connectivity index (χ1v) is 9.72. The first kappa shape index (κ1) is 17.4. The van der Waals surface area contributed by atoms with Crippen LogP contribution in [0.1, 0.15) is 27.9 Å². The number of hydrogen-bond donors (Lipinski definition) is 0. The van der Waals surface area contributed by atoms with Crippen molar-refractivity contribution in [3.05, 3.63) is 65.2 Å². The van der Waals surface area contributed by atoms with Crippen LogP contribution in [-0.4, -0.2) is 42.4 Å². The van der Waals surface area contributed by atoms with Crippen LogP contribution in [0.2, 0.25) is 0 Å². The Morgan fingerprint density at radius 2 is 1.59 bits per heavy atom. The van der Waals surface area contributed by atoms with Gasteiger partial charge in [-0.25, -0.2) is 12.7 Å². The molecule has 7 nitrogen and oxygen atoms in total. The molecule has 1 spiro atoms. The number of nitrogens with zero attached hydrogens (tertiary/aromatic N) is 2. The SMILES string of the molecule is Cc1ccc(S(=O)(=O)N2C(=O)c3ccccc3C23CC(=O)N(C)C3=O)cc1. The van der Waals surface area contributed by atoms with Gasteiger partial charge in [0.15, 0.2) is 5.54 Å². The summed E-state index contributed by atoms with van der Waals surface area (Å²) in [5, 5.41) is 0. The number of imide groups is 1. The predicted octanol–water partition coefficient (Wildman–Crippen LogP) is 1.42. The van der Waals surface area contributed by atoms with Gasteiger partial charge in [0, 0.05) is 18.2 Å². The van der Waals surface area contributed by atoms with E-state index >= 15 is 0 Å². The van der Waals surface area contributed by atoms with Crippen molar-refractivity contribution in [1.29, 1.82) is 0 Å². The van der Waals surface area contributed by atoms with E-state index in [4.69, 9.17) is 0 Å². The second-order valence-corrected chi connectivity index (χ2v) is 8.51. The maximum Gasteiger partial charge on any atom is 0.269 e. The molecule has 1 unspecified atom stereocenters. The van der Waals surface area contributed by atoms with Crippen LogP contribution in [-0.2, 0) is 25.2 Å². The van der Waals surface area contributed by atoms with Gasteiger partial charge in [-0.2, -0.15) is 0 Å². The van der Waals surface area contributed by atoms with Crippen LogP contribution >= 0.6 is 0 Å². The molecule has 1 atom stereocenters. The molecule has 2 aromatic rings. The van der Waals surface area contributed by atoms with Gasteiger partial charge < -0.3 is 0 Å². The van der Waals surface area contributed by atoms with Gasteiger partial charge in [-0.15, -0.1) is 0 Å². The van der Waals surface area contributed by atoms with Gasteiger partial charge in [-0.1, -0.05) is 35.9 Å². The van der Waals surface area contributed by atoms with E-state index in [1.165, 1.54) is 31.3 Å². The van der Waals surface area contributed by atoms with Gasteiger partial charge in [-0.3, -0.25) is 19.3 Å². The van der Waals surface area contributed by atoms with Crippen molar-refractivity contribution >= 4 is 27.7 Å². The van der Waals surface area contributed by atoms with Gasteiger partial charge in [0.05, 0.1) is 11.3 Å². The molecule has 8 heteroatoms. The molecule has 2 heterocycles. The number of rotatable bonds is 2. The number of carbonyl (C=O) groups excluding carboxylic acids is 3. The smallest absolute Gasteiger partial charge is 0.269 e. The fourth-order valence-corrected chi connectivity index (χ4v) is 5.38. The van der Waals surface area contributed by atoms with Crippen LogP contribution in [0.4, 0.5) is 0 Å². The van der Waals surface area contributed by atoms with Crippen LogP contribution in [0.25, 0.3) is 0 Å². The number of hydrogen-bond acceptors (Lipinski definition) is 5. The second-order valence-electron chi connectivity index (χ2n) is 6.73. The Labute approximate surface area is 156 Å². The van der Waals surface area contributed by atoms with E-state index in [2.05, 4.69) is 0 Å². The summed E-state index contributed by atoms with van der Waals surface area (Å²) in [5.41, 5.74) is -0.659. The molecule has 0 saturated carbocycles. The number of benzene rings is 2. The summed E-state index contributed by atoms with van der Waals surface area (Å²) in [5.74, 6) is -2.06. The monoisotopic (exact) mass is 384 g/mol. The molecular weight excluding hydrogens is 368 g/mol. The van der Waals surface area contributed by atoms with Crippen LogP contribution in [0, 0.1) is 6.92 Å². The van der Waals surface area contributed by atoms with E-state index in [1.807, 2.05) is 6.92 Å². The zero-order valence-electron chi connectivity index (χ0n) is 14.7. The molecule has 0 N–H and O–H groups in total. The van der Waals surface area contributed by atoms with Gasteiger partial charge in [0.1, 0.15) is 0 Å². The minimum Gasteiger partial charge on any atom is -0.283 e. The van der Waals surface area contributed by atoms with Crippen LogP contribution in [0.3, 0.4) is 0 Å². The number of carbonyl (C=O) groups is 3. The zero-order chi connectivity index (χ0) is 19.6. The molecule has 2 aliphatic heterocycles. The highest BCUT2D eigenvalue weighted by molar-refractivity contribution is 7.89. The summed E-state index contributed by atoms with van der Waals surface area (Å²) in [6.45, 7) is 1.81. The van der Waals surface area contributed by atoms with E-state index in [9.17, 15) is 22.8 Å².